The van der Waals surface area contributed by atoms with E-state index in [1.165, 1.54) is 22.4 Å². The lowest BCUT2D eigenvalue weighted by Crippen LogP contribution is -3.14. The normalized spacial score (nSPS) is 19.8. The van der Waals surface area contributed by atoms with Gasteiger partial charge in [-0.1, -0.05) is 6.07 Å². The molecule has 1 fully saturated rings. The molecule has 0 spiro atoms. The maximum atomic E-state index is 12.4. The first-order valence-electron chi connectivity index (χ1n) is 8.18. The van der Waals surface area contributed by atoms with Gasteiger partial charge >= 0.3 is 0 Å². The minimum atomic E-state index is -3.39. The van der Waals surface area contributed by atoms with E-state index in [-0.39, 0.29) is 0 Å². The Morgan fingerprint density at radius 2 is 1.82 bits per heavy atom. The zero-order valence-corrected chi connectivity index (χ0v) is 13.8. The number of rotatable bonds is 5. The topological polar surface area (TPSA) is 59.8 Å². The second kappa shape index (κ2) is 7.08. The van der Waals surface area contributed by atoms with Crippen molar-refractivity contribution < 1.29 is 18.1 Å². The van der Waals surface area contributed by atoms with Crippen LogP contribution in [0, 0.1) is 0 Å². The van der Waals surface area contributed by atoms with Gasteiger partial charge in [0, 0.05) is 0 Å². The first-order chi connectivity index (χ1) is 10.6. The average molecular weight is 325 g/mol. The molecule has 3 rings (SSSR count). The standard InChI is InChI=1S/C16H24N2O3S/c19-22(20,17-7-8-18-9-11-21-12-10-18)16-6-5-14-3-1-2-4-15(14)13-16/h5-6,13,17H,1-4,7-12H2/p+1. The van der Waals surface area contributed by atoms with Crippen LogP contribution < -0.4 is 9.62 Å². The van der Waals surface area contributed by atoms with Gasteiger partial charge in [-0.2, -0.15) is 0 Å². The van der Waals surface area contributed by atoms with Crippen LogP contribution in [0.5, 0.6) is 0 Å². The molecular formula is C16H25N2O3S+. The Labute approximate surface area is 132 Å². The molecule has 0 radical (unpaired) electrons. The van der Waals surface area contributed by atoms with Crippen LogP contribution >= 0.6 is 0 Å². The first kappa shape index (κ1) is 15.9. The molecule has 0 bridgehead atoms. The minimum Gasteiger partial charge on any atom is -0.370 e. The fourth-order valence-corrected chi connectivity index (χ4v) is 4.31. The van der Waals surface area contributed by atoms with E-state index in [0.29, 0.717) is 11.4 Å². The van der Waals surface area contributed by atoms with Gasteiger partial charge in [0.2, 0.25) is 10.0 Å². The number of morpholine rings is 1. The summed E-state index contributed by atoms with van der Waals surface area (Å²) in [7, 11) is -3.39. The second-order valence-electron chi connectivity index (χ2n) is 6.15. The number of ether oxygens (including phenoxy) is 1. The minimum absolute atomic E-state index is 0.408. The molecule has 1 heterocycles. The highest BCUT2D eigenvalue weighted by molar-refractivity contribution is 7.89. The molecule has 2 aliphatic rings. The van der Waals surface area contributed by atoms with E-state index in [2.05, 4.69) is 4.72 Å². The van der Waals surface area contributed by atoms with E-state index >= 15 is 0 Å². The van der Waals surface area contributed by atoms with E-state index in [0.717, 1.165) is 52.1 Å². The number of aryl methyl sites for hydroxylation is 2. The van der Waals surface area contributed by atoms with Gasteiger partial charge in [0.25, 0.3) is 0 Å². The summed E-state index contributed by atoms with van der Waals surface area (Å²) in [5.41, 5.74) is 2.51. The van der Waals surface area contributed by atoms with Crippen LogP contribution in [0.4, 0.5) is 0 Å². The molecule has 0 amide bonds. The van der Waals surface area contributed by atoms with Crippen molar-refractivity contribution in [2.24, 2.45) is 0 Å². The molecule has 2 N–H and O–H groups in total. The number of quaternary nitrogens is 1. The Morgan fingerprint density at radius 1 is 1.09 bits per heavy atom. The zero-order chi connectivity index (χ0) is 15.4. The Morgan fingerprint density at radius 3 is 2.59 bits per heavy atom. The van der Waals surface area contributed by atoms with Gasteiger partial charge in [0.05, 0.1) is 31.2 Å². The third kappa shape index (κ3) is 3.87. The number of benzene rings is 1. The Hall–Kier alpha value is -0.950. The molecule has 0 atom stereocenters. The monoisotopic (exact) mass is 325 g/mol. The Balaban J connectivity index is 1.60. The molecule has 1 saturated heterocycles. The first-order valence-corrected chi connectivity index (χ1v) is 9.66. The van der Waals surface area contributed by atoms with Crippen molar-refractivity contribution >= 4 is 10.0 Å². The summed E-state index contributed by atoms with van der Waals surface area (Å²) in [5, 5.41) is 0. The highest BCUT2D eigenvalue weighted by Crippen LogP contribution is 2.23. The summed E-state index contributed by atoms with van der Waals surface area (Å²) in [6.07, 6.45) is 4.43. The Kier molecular flexibility index (Phi) is 5.13. The SMILES string of the molecule is O=S(=O)(NCC[NH+]1CCOCC1)c1ccc2c(c1)CCCC2. The summed E-state index contributed by atoms with van der Waals surface area (Å²) in [4.78, 5) is 1.81. The predicted molar refractivity (Wildman–Crippen MR) is 84.7 cm³/mol. The van der Waals surface area contributed by atoms with Gasteiger partial charge in [-0.3, -0.25) is 0 Å². The van der Waals surface area contributed by atoms with Crippen molar-refractivity contribution in [1.29, 1.82) is 0 Å². The van der Waals surface area contributed by atoms with Crippen LogP contribution in [0.2, 0.25) is 0 Å². The third-order valence-corrected chi connectivity index (χ3v) is 6.06. The largest absolute Gasteiger partial charge is 0.370 e. The van der Waals surface area contributed by atoms with Crippen molar-refractivity contribution in [2.45, 2.75) is 30.6 Å². The van der Waals surface area contributed by atoms with Crippen LogP contribution in [0.25, 0.3) is 0 Å². The summed E-state index contributed by atoms with van der Waals surface area (Å²) < 4.78 is 32.9. The summed E-state index contributed by atoms with van der Waals surface area (Å²) in [6, 6.07) is 5.59. The van der Waals surface area contributed by atoms with Gasteiger partial charge in [-0.25, -0.2) is 13.1 Å². The van der Waals surface area contributed by atoms with Gasteiger partial charge in [-0.15, -0.1) is 0 Å². The average Bonchev–Trinajstić information content (AvgIpc) is 2.55. The highest BCUT2D eigenvalue weighted by atomic mass is 32.2. The molecule has 1 aliphatic carbocycles. The number of sulfonamides is 1. The van der Waals surface area contributed by atoms with E-state index in [9.17, 15) is 8.42 Å². The maximum absolute atomic E-state index is 12.4. The quantitative estimate of drug-likeness (QED) is 0.785. The van der Waals surface area contributed by atoms with Crippen molar-refractivity contribution in [3.8, 4) is 0 Å². The molecule has 0 aromatic heterocycles. The molecule has 122 valence electrons. The van der Waals surface area contributed by atoms with E-state index in [4.69, 9.17) is 4.74 Å². The third-order valence-electron chi connectivity index (χ3n) is 4.60. The lowest BCUT2D eigenvalue weighted by atomic mass is 9.92. The predicted octanol–water partition coefficient (Wildman–Crippen LogP) is -0.241. The van der Waals surface area contributed by atoms with Crippen LogP contribution in [0.15, 0.2) is 23.1 Å². The smallest absolute Gasteiger partial charge is 0.240 e. The van der Waals surface area contributed by atoms with Crippen LogP contribution in [0.1, 0.15) is 24.0 Å². The molecule has 1 aromatic rings. The molecule has 1 aromatic carbocycles. The zero-order valence-electron chi connectivity index (χ0n) is 12.9. The van der Waals surface area contributed by atoms with Crippen molar-refractivity contribution in [3.05, 3.63) is 29.3 Å². The molecule has 6 heteroatoms. The summed E-state index contributed by atoms with van der Waals surface area (Å²) in [6.45, 7) is 4.75. The molecule has 0 unspecified atom stereocenters. The van der Waals surface area contributed by atoms with Gasteiger partial charge < -0.3 is 9.64 Å². The second-order valence-corrected chi connectivity index (χ2v) is 7.91. The van der Waals surface area contributed by atoms with E-state index in [1.807, 2.05) is 12.1 Å². The van der Waals surface area contributed by atoms with Crippen molar-refractivity contribution in [1.82, 2.24) is 4.72 Å². The molecular weight excluding hydrogens is 300 g/mol. The van der Waals surface area contributed by atoms with Gasteiger partial charge in [0.1, 0.15) is 13.1 Å². The van der Waals surface area contributed by atoms with Crippen molar-refractivity contribution in [2.75, 3.05) is 39.4 Å². The van der Waals surface area contributed by atoms with E-state index in [1.54, 1.807) is 6.07 Å². The fraction of sp³-hybridized carbons (Fsp3) is 0.625. The van der Waals surface area contributed by atoms with Gasteiger partial charge in [-0.05, 0) is 48.9 Å². The molecule has 22 heavy (non-hydrogen) atoms. The van der Waals surface area contributed by atoms with Crippen LogP contribution in [-0.2, 0) is 27.6 Å². The summed E-state index contributed by atoms with van der Waals surface area (Å²) in [5.74, 6) is 0. The van der Waals surface area contributed by atoms with Crippen LogP contribution in [-0.4, -0.2) is 47.8 Å². The highest BCUT2D eigenvalue weighted by Gasteiger charge is 2.19. The molecule has 0 saturated carbocycles. The molecule has 1 aliphatic heterocycles. The van der Waals surface area contributed by atoms with Crippen LogP contribution in [0.3, 0.4) is 0 Å². The van der Waals surface area contributed by atoms with Crippen molar-refractivity contribution in [3.63, 3.8) is 0 Å². The fourth-order valence-electron chi connectivity index (χ4n) is 3.23. The number of hydrogen-bond acceptors (Lipinski definition) is 3. The van der Waals surface area contributed by atoms with E-state index < -0.39 is 10.0 Å². The summed E-state index contributed by atoms with van der Waals surface area (Å²) >= 11 is 0. The number of nitrogens with one attached hydrogen (secondary N) is 2. The molecule has 5 nitrogen and oxygen atoms in total. The number of fused-ring (bicyclic) bond motifs is 1. The lowest BCUT2D eigenvalue weighted by molar-refractivity contribution is -0.906. The Bertz CT molecular complexity index is 610. The lowest BCUT2D eigenvalue weighted by Gasteiger charge is -2.23. The number of hydrogen-bond donors (Lipinski definition) is 2. The maximum Gasteiger partial charge on any atom is 0.240 e. The van der Waals surface area contributed by atoms with Gasteiger partial charge in [0.15, 0.2) is 0 Å².